The third-order valence-corrected chi connectivity index (χ3v) is 10.3. The van der Waals surface area contributed by atoms with Gasteiger partial charge in [0.2, 0.25) is 0 Å². The Balaban J connectivity index is 1.76. The number of nitrogens with one attached hydrogen (secondary N) is 4. The predicted octanol–water partition coefficient (Wildman–Crippen LogP) is 3.33. The molecular formula is C43H70N8O7. The summed E-state index contributed by atoms with van der Waals surface area (Å²) in [5.74, 6) is -0.176. The number of rotatable bonds is 26. The lowest BCUT2D eigenvalue weighted by molar-refractivity contribution is 0.0886. The van der Waals surface area contributed by atoms with Gasteiger partial charge in [-0.05, 0) is 129 Å². The van der Waals surface area contributed by atoms with Crippen molar-refractivity contribution in [3.8, 4) is 17.2 Å². The zero-order chi connectivity index (χ0) is 42.5. The fourth-order valence-corrected chi connectivity index (χ4v) is 6.89. The number of nitrogens with two attached hydrogens (primary N) is 2. The van der Waals surface area contributed by atoms with Crippen molar-refractivity contribution in [3.63, 3.8) is 0 Å². The zero-order valence-corrected chi connectivity index (χ0v) is 35.8. The molecule has 1 saturated carbocycles. The topological polar surface area (TPSA) is 203 Å². The number of hydrogen-bond donors (Lipinski definition) is 6. The highest BCUT2D eigenvalue weighted by atomic mass is 16.5. The molecule has 2 aromatic rings. The van der Waals surface area contributed by atoms with Crippen molar-refractivity contribution in [1.29, 1.82) is 0 Å². The summed E-state index contributed by atoms with van der Waals surface area (Å²) in [5.41, 5.74) is 13.5. The molecule has 1 fully saturated rings. The van der Waals surface area contributed by atoms with E-state index in [2.05, 4.69) is 21.3 Å². The third-order valence-electron chi connectivity index (χ3n) is 10.3. The number of amides is 4. The first kappa shape index (κ1) is 47.9. The predicted molar refractivity (Wildman–Crippen MR) is 228 cm³/mol. The van der Waals surface area contributed by atoms with E-state index in [1.807, 2.05) is 44.1 Å². The van der Waals surface area contributed by atoms with Gasteiger partial charge in [-0.25, -0.2) is 0 Å². The molecule has 0 radical (unpaired) electrons. The molecule has 0 atom stereocenters. The van der Waals surface area contributed by atoms with E-state index in [1.165, 1.54) is 20.3 Å². The Morgan fingerprint density at radius 3 is 1.53 bits per heavy atom. The highest BCUT2D eigenvalue weighted by molar-refractivity contribution is 6.04. The first-order valence-electron chi connectivity index (χ1n) is 20.9. The van der Waals surface area contributed by atoms with Crippen LogP contribution in [0.25, 0.3) is 0 Å². The Kier molecular flexibility index (Phi) is 21.3. The van der Waals surface area contributed by atoms with Crippen LogP contribution < -0.4 is 46.9 Å². The van der Waals surface area contributed by atoms with E-state index >= 15 is 0 Å². The van der Waals surface area contributed by atoms with Crippen LogP contribution in [-0.2, 0) is 6.42 Å². The average Bonchev–Trinajstić information content (AvgIpc) is 3.20. The second kappa shape index (κ2) is 25.8. The van der Waals surface area contributed by atoms with E-state index in [9.17, 15) is 19.2 Å². The third kappa shape index (κ3) is 15.7. The molecule has 1 aliphatic rings. The summed E-state index contributed by atoms with van der Waals surface area (Å²) in [4.78, 5) is 58.3. The van der Waals surface area contributed by atoms with Crippen molar-refractivity contribution in [1.82, 2.24) is 31.1 Å². The number of nitrogens with zero attached hydrogens (tertiary/aromatic N) is 2. The fraction of sp³-hybridized carbons (Fsp3) is 0.628. The molecule has 0 aromatic heterocycles. The molecule has 2 aromatic carbocycles. The van der Waals surface area contributed by atoms with E-state index in [-0.39, 0.29) is 46.8 Å². The molecule has 1 aliphatic carbocycles. The van der Waals surface area contributed by atoms with Crippen molar-refractivity contribution >= 4 is 23.6 Å². The number of methoxy groups -OCH3 is 2. The zero-order valence-electron chi connectivity index (χ0n) is 35.8. The number of carbonyl (C=O) groups is 4. The minimum Gasteiger partial charge on any atom is -0.496 e. The minimum atomic E-state index is -0.363. The molecule has 4 amide bonds. The number of benzene rings is 2. The Morgan fingerprint density at radius 1 is 0.586 bits per heavy atom. The average molecular weight is 811 g/mol. The molecule has 15 nitrogen and oxygen atoms in total. The molecule has 0 spiro atoms. The van der Waals surface area contributed by atoms with Gasteiger partial charge >= 0.3 is 0 Å². The molecule has 8 N–H and O–H groups in total. The quantitative estimate of drug-likeness (QED) is 0.0762. The van der Waals surface area contributed by atoms with Gasteiger partial charge < -0.3 is 56.7 Å². The largest absolute Gasteiger partial charge is 0.496 e. The van der Waals surface area contributed by atoms with Gasteiger partial charge in [-0.15, -0.1) is 0 Å². The van der Waals surface area contributed by atoms with Crippen molar-refractivity contribution in [2.75, 3.05) is 88.3 Å². The molecule has 0 aliphatic heterocycles. The smallest absolute Gasteiger partial charge is 0.255 e. The van der Waals surface area contributed by atoms with Gasteiger partial charge in [0, 0.05) is 49.9 Å². The van der Waals surface area contributed by atoms with Crippen molar-refractivity contribution < 1.29 is 33.4 Å². The molecule has 3 rings (SSSR count). The van der Waals surface area contributed by atoms with Crippen LogP contribution in [0.5, 0.6) is 17.2 Å². The van der Waals surface area contributed by atoms with Crippen LogP contribution in [-0.4, -0.2) is 134 Å². The van der Waals surface area contributed by atoms with Gasteiger partial charge in [-0.3, -0.25) is 19.2 Å². The number of ether oxygens (including phenoxy) is 3. The van der Waals surface area contributed by atoms with Crippen molar-refractivity contribution in [2.45, 2.75) is 89.1 Å². The van der Waals surface area contributed by atoms with Crippen LogP contribution in [0.2, 0.25) is 0 Å². The number of hydrogen-bond acceptors (Lipinski definition) is 11. The van der Waals surface area contributed by atoms with E-state index in [0.29, 0.717) is 106 Å². The van der Waals surface area contributed by atoms with Gasteiger partial charge in [0.25, 0.3) is 23.6 Å². The summed E-state index contributed by atoms with van der Waals surface area (Å²) in [5, 5.41) is 12.2. The van der Waals surface area contributed by atoms with Crippen LogP contribution in [0.3, 0.4) is 0 Å². The van der Waals surface area contributed by atoms with Gasteiger partial charge in [-0.2, -0.15) is 0 Å². The maximum absolute atomic E-state index is 14.1. The van der Waals surface area contributed by atoms with Crippen LogP contribution in [0.4, 0.5) is 0 Å². The number of carbonyl (C=O) groups excluding carboxylic acids is 4. The molecule has 58 heavy (non-hydrogen) atoms. The van der Waals surface area contributed by atoms with Crippen LogP contribution >= 0.6 is 0 Å². The van der Waals surface area contributed by atoms with Crippen LogP contribution in [0, 0.1) is 0 Å². The lowest BCUT2D eigenvalue weighted by Crippen LogP contribution is -2.44. The summed E-state index contributed by atoms with van der Waals surface area (Å²) >= 11 is 0. The van der Waals surface area contributed by atoms with E-state index in [0.717, 1.165) is 50.5 Å². The Hall–Kier alpha value is -4.44. The van der Waals surface area contributed by atoms with Crippen LogP contribution in [0.15, 0.2) is 24.3 Å². The van der Waals surface area contributed by atoms with Crippen LogP contribution in [0.1, 0.15) is 118 Å². The molecule has 0 heterocycles. The minimum absolute atomic E-state index is 0.148. The summed E-state index contributed by atoms with van der Waals surface area (Å²) in [6.45, 7) is 3.94. The number of unbranched alkanes of at least 4 members (excludes halogenated alkanes) is 5. The first-order chi connectivity index (χ1) is 27.9. The van der Waals surface area contributed by atoms with E-state index < -0.39 is 0 Å². The molecule has 0 bridgehead atoms. The highest BCUT2D eigenvalue weighted by Crippen LogP contribution is 2.31. The number of aryl methyl sites for hydroxylation is 1. The van der Waals surface area contributed by atoms with Gasteiger partial charge in [0.05, 0.1) is 37.5 Å². The van der Waals surface area contributed by atoms with Gasteiger partial charge in [0.15, 0.2) is 0 Å². The Morgan fingerprint density at radius 2 is 1.03 bits per heavy atom. The summed E-state index contributed by atoms with van der Waals surface area (Å²) in [7, 11) is 10.7. The molecule has 0 unspecified atom stereocenters. The molecule has 15 heteroatoms. The Bertz CT molecular complexity index is 1610. The second-order valence-corrected chi connectivity index (χ2v) is 15.5. The Labute approximate surface area is 345 Å². The number of likely N-dealkylation sites (N-methyl/N-ethyl adjacent to an activating group) is 2. The maximum atomic E-state index is 14.1. The van der Waals surface area contributed by atoms with Crippen molar-refractivity contribution in [3.05, 3.63) is 52.1 Å². The summed E-state index contributed by atoms with van der Waals surface area (Å²) < 4.78 is 17.2. The van der Waals surface area contributed by atoms with E-state index in [1.54, 1.807) is 12.1 Å². The standard InChI is InChI=1S/C43H70N8O7/c1-50(2)23-21-46-40(52)33-27-36(39(58-25-13-9-12-20-45)26-30(33)14-10-7-8-11-19-44)43(55)49-32-17-15-31(16-18-32)48-42(54)35-28-34(37(56-5)29-38(35)57-6)41(53)47-22-24-51(3)4/h26-29,31-32H,7-25,44-45H2,1-6H3,(H,46,52)(H,47,53)(H,48,54)(H,49,55). The second-order valence-electron chi connectivity index (χ2n) is 15.5. The van der Waals surface area contributed by atoms with Crippen molar-refractivity contribution in [2.24, 2.45) is 11.5 Å². The van der Waals surface area contributed by atoms with Gasteiger partial charge in [0.1, 0.15) is 17.2 Å². The lowest BCUT2D eigenvalue weighted by atomic mass is 9.90. The lowest BCUT2D eigenvalue weighted by Gasteiger charge is -2.30. The first-order valence-corrected chi connectivity index (χ1v) is 20.9. The van der Waals surface area contributed by atoms with E-state index in [4.69, 9.17) is 25.7 Å². The maximum Gasteiger partial charge on any atom is 0.255 e. The summed E-state index contributed by atoms with van der Waals surface area (Å²) in [6, 6.07) is 6.32. The van der Waals surface area contributed by atoms with Gasteiger partial charge in [-0.1, -0.05) is 12.8 Å². The SMILES string of the molecule is COc1cc(OC)c(C(=O)NC2CCC(NC(=O)c3cc(C(=O)NCCN(C)C)c(CCCCCCN)cc3OCCCCCN)CC2)cc1C(=O)NCCN(C)C. The normalized spacial score (nSPS) is 15.2. The molecule has 0 saturated heterocycles. The fourth-order valence-electron chi connectivity index (χ4n) is 6.89. The molecular weight excluding hydrogens is 741 g/mol. The summed E-state index contributed by atoms with van der Waals surface area (Å²) in [6.07, 6.45) is 9.64. The highest BCUT2D eigenvalue weighted by Gasteiger charge is 2.28. The molecule has 324 valence electrons. The monoisotopic (exact) mass is 811 g/mol.